The molecule has 0 radical (unpaired) electrons. The molecule has 0 spiro atoms. The summed E-state index contributed by atoms with van der Waals surface area (Å²) in [6, 6.07) is 2.36. The van der Waals surface area contributed by atoms with Gasteiger partial charge in [0.25, 0.3) is 0 Å². The van der Waals surface area contributed by atoms with E-state index in [9.17, 15) is 0 Å². The minimum absolute atomic E-state index is 0.381. The van der Waals surface area contributed by atoms with E-state index >= 15 is 0 Å². The van der Waals surface area contributed by atoms with E-state index in [-0.39, 0.29) is 0 Å². The number of aryl methyl sites for hydroxylation is 1. The van der Waals surface area contributed by atoms with E-state index in [1.165, 1.54) is 12.8 Å². The van der Waals surface area contributed by atoms with Crippen molar-refractivity contribution in [3.63, 3.8) is 0 Å². The van der Waals surface area contributed by atoms with Crippen molar-refractivity contribution in [2.45, 2.75) is 25.3 Å². The van der Waals surface area contributed by atoms with E-state index in [0.29, 0.717) is 6.04 Å². The van der Waals surface area contributed by atoms with E-state index in [1.807, 2.05) is 19.3 Å². The van der Waals surface area contributed by atoms with Crippen LogP contribution in [-0.2, 0) is 7.05 Å². The molecule has 1 atom stereocenters. The van der Waals surface area contributed by atoms with Crippen LogP contribution in [0.4, 0.5) is 5.82 Å². The van der Waals surface area contributed by atoms with Crippen LogP contribution in [0.2, 0.25) is 0 Å². The molecule has 2 rings (SSSR count). The first-order chi connectivity index (χ1) is 6.75. The minimum Gasteiger partial charge on any atom is -0.369 e. The molecule has 0 saturated heterocycles. The van der Waals surface area contributed by atoms with E-state index in [0.717, 1.165) is 24.7 Å². The highest BCUT2D eigenvalue weighted by atomic mass is 15.3. The molecule has 0 amide bonds. The molecule has 1 heterocycles. The fourth-order valence-electron chi connectivity index (χ4n) is 1.64. The van der Waals surface area contributed by atoms with Crippen LogP contribution < -0.4 is 11.1 Å². The first-order valence-electron chi connectivity index (χ1n) is 5.25. The quantitative estimate of drug-likeness (QED) is 0.734. The summed E-state index contributed by atoms with van der Waals surface area (Å²) in [6.45, 7) is 0.925. The summed E-state index contributed by atoms with van der Waals surface area (Å²) in [4.78, 5) is 0. The second-order valence-electron chi connectivity index (χ2n) is 4.09. The van der Waals surface area contributed by atoms with Gasteiger partial charge in [-0.15, -0.1) is 0 Å². The van der Waals surface area contributed by atoms with Crippen LogP contribution in [0.3, 0.4) is 0 Å². The zero-order chi connectivity index (χ0) is 9.97. The number of aromatic nitrogens is 2. The SMILES string of the molecule is Cn1ccc(NCCC(N)C2CC2)n1. The van der Waals surface area contributed by atoms with Crippen molar-refractivity contribution in [2.24, 2.45) is 18.7 Å². The Balaban J connectivity index is 1.67. The molecule has 4 heteroatoms. The second kappa shape index (κ2) is 4.00. The maximum atomic E-state index is 5.98. The first-order valence-corrected chi connectivity index (χ1v) is 5.25. The van der Waals surface area contributed by atoms with Crippen LogP contribution in [0, 0.1) is 5.92 Å². The van der Waals surface area contributed by atoms with Crippen LogP contribution in [0.1, 0.15) is 19.3 Å². The van der Waals surface area contributed by atoms with E-state index in [4.69, 9.17) is 5.73 Å². The molecule has 1 unspecified atom stereocenters. The van der Waals surface area contributed by atoms with Crippen LogP contribution in [-0.4, -0.2) is 22.4 Å². The average molecular weight is 194 g/mol. The lowest BCUT2D eigenvalue weighted by molar-refractivity contribution is 0.564. The Hall–Kier alpha value is -1.03. The number of rotatable bonds is 5. The zero-order valence-electron chi connectivity index (χ0n) is 8.61. The molecule has 0 aromatic carbocycles. The van der Waals surface area contributed by atoms with Gasteiger partial charge in [-0.2, -0.15) is 5.10 Å². The van der Waals surface area contributed by atoms with Crippen molar-refractivity contribution >= 4 is 5.82 Å². The predicted octanol–water partition coefficient (Wildman–Crippen LogP) is 0.959. The van der Waals surface area contributed by atoms with Crippen molar-refractivity contribution < 1.29 is 0 Å². The largest absolute Gasteiger partial charge is 0.369 e. The molecular formula is C10H18N4. The number of hydrogen-bond donors (Lipinski definition) is 2. The van der Waals surface area contributed by atoms with Gasteiger partial charge in [0.1, 0.15) is 5.82 Å². The van der Waals surface area contributed by atoms with Gasteiger partial charge in [-0.3, -0.25) is 4.68 Å². The Morgan fingerprint density at radius 3 is 3.07 bits per heavy atom. The van der Waals surface area contributed by atoms with Gasteiger partial charge in [0.15, 0.2) is 0 Å². The average Bonchev–Trinajstić information content (AvgIpc) is 2.92. The van der Waals surface area contributed by atoms with E-state index in [2.05, 4.69) is 10.4 Å². The lowest BCUT2D eigenvalue weighted by atomic mass is 10.1. The summed E-state index contributed by atoms with van der Waals surface area (Å²) in [5.74, 6) is 1.73. The van der Waals surface area contributed by atoms with Gasteiger partial charge in [-0.1, -0.05) is 0 Å². The molecule has 1 saturated carbocycles. The summed E-state index contributed by atoms with van der Waals surface area (Å²) >= 11 is 0. The molecule has 0 aliphatic heterocycles. The molecule has 1 fully saturated rings. The lowest BCUT2D eigenvalue weighted by Gasteiger charge is -2.09. The predicted molar refractivity (Wildman–Crippen MR) is 57.0 cm³/mol. The number of anilines is 1. The smallest absolute Gasteiger partial charge is 0.147 e. The molecule has 1 aromatic heterocycles. The standard InChI is InChI=1S/C10H18N4/c1-14-7-5-10(13-14)12-6-4-9(11)8-2-3-8/h5,7-9H,2-4,6,11H2,1H3,(H,12,13). The molecule has 0 bridgehead atoms. The van der Waals surface area contributed by atoms with E-state index in [1.54, 1.807) is 4.68 Å². The highest BCUT2D eigenvalue weighted by molar-refractivity contribution is 5.31. The monoisotopic (exact) mass is 194 g/mol. The second-order valence-corrected chi connectivity index (χ2v) is 4.09. The summed E-state index contributed by atoms with van der Waals surface area (Å²) in [5.41, 5.74) is 5.98. The lowest BCUT2D eigenvalue weighted by Crippen LogP contribution is -2.25. The van der Waals surface area contributed by atoms with Crippen LogP contribution in [0.5, 0.6) is 0 Å². The Labute approximate surface area is 84.5 Å². The molecule has 3 N–H and O–H groups in total. The van der Waals surface area contributed by atoms with Gasteiger partial charge in [-0.25, -0.2) is 0 Å². The van der Waals surface area contributed by atoms with Crippen LogP contribution >= 0.6 is 0 Å². The third-order valence-corrected chi connectivity index (χ3v) is 2.72. The Morgan fingerprint density at radius 1 is 1.71 bits per heavy atom. The maximum absolute atomic E-state index is 5.98. The molecule has 78 valence electrons. The summed E-state index contributed by atoms with van der Waals surface area (Å²) in [7, 11) is 1.92. The van der Waals surface area contributed by atoms with Crippen molar-refractivity contribution in [1.82, 2.24) is 9.78 Å². The van der Waals surface area contributed by atoms with Gasteiger partial charge in [0.2, 0.25) is 0 Å². The Morgan fingerprint density at radius 2 is 2.50 bits per heavy atom. The van der Waals surface area contributed by atoms with Crippen molar-refractivity contribution in [3.05, 3.63) is 12.3 Å². The van der Waals surface area contributed by atoms with Crippen LogP contribution in [0.25, 0.3) is 0 Å². The molecule has 4 nitrogen and oxygen atoms in total. The number of nitrogens with two attached hydrogens (primary N) is 1. The van der Waals surface area contributed by atoms with Crippen LogP contribution in [0.15, 0.2) is 12.3 Å². The third kappa shape index (κ3) is 2.48. The molecular weight excluding hydrogens is 176 g/mol. The topological polar surface area (TPSA) is 55.9 Å². The Bertz CT molecular complexity index is 290. The Kier molecular flexibility index (Phi) is 2.72. The highest BCUT2D eigenvalue weighted by Crippen LogP contribution is 2.32. The summed E-state index contributed by atoms with van der Waals surface area (Å²) in [5, 5.41) is 7.50. The van der Waals surface area contributed by atoms with Gasteiger partial charge in [0.05, 0.1) is 0 Å². The summed E-state index contributed by atoms with van der Waals surface area (Å²) < 4.78 is 1.79. The normalized spacial score (nSPS) is 18.1. The minimum atomic E-state index is 0.381. The molecule has 1 aliphatic rings. The van der Waals surface area contributed by atoms with Gasteiger partial charge in [-0.05, 0) is 25.2 Å². The van der Waals surface area contributed by atoms with E-state index < -0.39 is 0 Å². The third-order valence-electron chi connectivity index (χ3n) is 2.72. The number of nitrogens with one attached hydrogen (secondary N) is 1. The number of nitrogens with zero attached hydrogens (tertiary/aromatic N) is 2. The highest BCUT2D eigenvalue weighted by Gasteiger charge is 2.27. The summed E-state index contributed by atoms with van der Waals surface area (Å²) in [6.07, 6.45) is 5.62. The first kappa shape index (κ1) is 9.52. The fourth-order valence-corrected chi connectivity index (χ4v) is 1.64. The van der Waals surface area contributed by atoms with Gasteiger partial charge < -0.3 is 11.1 Å². The van der Waals surface area contributed by atoms with Crippen molar-refractivity contribution in [2.75, 3.05) is 11.9 Å². The van der Waals surface area contributed by atoms with Gasteiger partial charge >= 0.3 is 0 Å². The zero-order valence-corrected chi connectivity index (χ0v) is 8.61. The van der Waals surface area contributed by atoms with Gasteiger partial charge in [0, 0.05) is 31.9 Å². The molecule has 1 aromatic rings. The molecule has 1 aliphatic carbocycles. The molecule has 14 heavy (non-hydrogen) atoms. The maximum Gasteiger partial charge on any atom is 0.147 e. The van der Waals surface area contributed by atoms with Crippen molar-refractivity contribution in [3.8, 4) is 0 Å². The number of hydrogen-bond acceptors (Lipinski definition) is 3. The fraction of sp³-hybridized carbons (Fsp3) is 0.700. The van der Waals surface area contributed by atoms with Crippen molar-refractivity contribution in [1.29, 1.82) is 0 Å².